The van der Waals surface area contributed by atoms with Crippen LogP contribution in [0.25, 0.3) is 32.9 Å². The van der Waals surface area contributed by atoms with Gasteiger partial charge in [0.1, 0.15) is 39.6 Å². The van der Waals surface area contributed by atoms with Crippen LogP contribution in [0.3, 0.4) is 0 Å². The maximum absolute atomic E-state index is 17.4. The largest absolute Gasteiger partial charge is 0.508 e. The maximum atomic E-state index is 17.4. The number of rotatable bonds is 9. The van der Waals surface area contributed by atoms with Gasteiger partial charge in [-0.15, -0.1) is 6.42 Å². The number of anilines is 1. The number of ether oxygens (including phenoxy) is 3. The van der Waals surface area contributed by atoms with Gasteiger partial charge in [-0.3, -0.25) is 9.69 Å². The Morgan fingerprint density at radius 1 is 1.11 bits per heavy atom. The van der Waals surface area contributed by atoms with Crippen LogP contribution in [0.2, 0.25) is 0 Å². The van der Waals surface area contributed by atoms with Gasteiger partial charge in [0, 0.05) is 55.0 Å². The van der Waals surface area contributed by atoms with Gasteiger partial charge in [-0.05, 0) is 75.1 Å². The zero-order chi connectivity index (χ0) is 40.1. The summed E-state index contributed by atoms with van der Waals surface area (Å²) in [7, 11) is 1.39. The fourth-order valence-electron chi connectivity index (χ4n) is 9.86. The van der Waals surface area contributed by atoms with Crippen molar-refractivity contribution in [1.29, 1.82) is 0 Å². The van der Waals surface area contributed by atoms with E-state index in [2.05, 4.69) is 15.8 Å². The first-order valence-electron chi connectivity index (χ1n) is 20.0. The first kappa shape index (κ1) is 39.0. The van der Waals surface area contributed by atoms with Gasteiger partial charge in [-0.2, -0.15) is 9.97 Å². The van der Waals surface area contributed by atoms with E-state index in [1.807, 2.05) is 11.8 Å². The fraction of sp³-hybridized carbons (Fsp3) is 0.535. The van der Waals surface area contributed by atoms with Crippen LogP contribution in [0.1, 0.15) is 64.4 Å². The number of β-amino-alcohol motifs (C(OH)–C–C–N with tert-alkyl or cyclic N) is 1. The van der Waals surface area contributed by atoms with E-state index >= 15 is 8.78 Å². The van der Waals surface area contributed by atoms with Crippen LogP contribution in [0.15, 0.2) is 24.3 Å². The molecule has 3 aliphatic heterocycles. The minimum atomic E-state index is -1.26. The van der Waals surface area contributed by atoms with Crippen molar-refractivity contribution in [1.82, 2.24) is 24.8 Å². The fourth-order valence-corrected chi connectivity index (χ4v) is 9.86. The van der Waals surface area contributed by atoms with Crippen LogP contribution >= 0.6 is 0 Å². The van der Waals surface area contributed by atoms with Gasteiger partial charge in [0.15, 0.2) is 5.82 Å². The third kappa shape index (κ3) is 7.30. The molecule has 4 atom stereocenters. The minimum Gasteiger partial charge on any atom is -0.508 e. The number of benzene rings is 2. The minimum absolute atomic E-state index is 0.0219. The molecule has 57 heavy (non-hydrogen) atoms. The Kier molecular flexibility index (Phi) is 10.6. The van der Waals surface area contributed by atoms with E-state index in [9.17, 15) is 15.0 Å². The molecule has 8 rings (SSSR count). The number of fused-ring (bicyclic) bond motifs is 3. The number of aromatic nitrogens is 3. The number of hydrogen-bond donors (Lipinski definition) is 2. The van der Waals surface area contributed by atoms with Gasteiger partial charge in [0.25, 0.3) is 0 Å². The summed E-state index contributed by atoms with van der Waals surface area (Å²) >= 11 is 0. The van der Waals surface area contributed by atoms with Crippen LogP contribution in [-0.4, -0.2) is 119 Å². The highest BCUT2D eigenvalue weighted by Gasteiger charge is 2.49. The van der Waals surface area contributed by atoms with Gasteiger partial charge < -0.3 is 34.2 Å². The number of aromatic hydroxyl groups is 1. The second-order valence-electron chi connectivity index (χ2n) is 16.5. The zero-order valence-electron chi connectivity index (χ0n) is 32.8. The second-order valence-corrected chi connectivity index (χ2v) is 16.5. The molecule has 12 nitrogen and oxygen atoms in total. The molecule has 1 amide bonds. The molecule has 4 aromatic rings. The molecule has 2 N–H and O–H groups in total. The maximum Gasteiger partial charge on any atom is 0.319 e. The van der Waals surface area contributed by atoms with Crippen molar-refractivity contribution >= 4 is 33.4 Å². The molecule has 0 unspecified atom stereocenters. The number of methoxy groups -OCH3 is 1. The Morgan fingerprint density at radius 3 is 2.72 bits per heavy atom. The van der Waals surface area contributed by atoms with Crippen LogP contribution in [0, 0.1) is 35.3 Å². The van der Waals surface area contributed by atoms with E-state index in [0.29, 0.717) is 30.9 Å². The number of hydrogen-bond acceptors (Lipinski definition) is 11. The number of likely N-dealkylation sites (tertiary alicyclic amines) is 2. The van der Waals surface area contributed by atoms with E-state index in [-0.39, 0.29) is 93.7 Å². The van der Waals surface area contributed by atoms with Crippen molar-refractivity contribution in [2.75, 3.05) is 71.1 Å². The van der Waals surface area contributed by atoms with E-state index < -0.39 is 17.2 Å². The number of halogens is 2. The molecule has 14 heteroatoms. The molecule has 4 fully saturated rings. The molecule has 0 radical (unpaired) electrons. The van der Waals surface area contributed by atoms with E-state index in [4.69, 9.17) is 30.6 Å². The van der Waals surface area contributed by atoms with Crippen LogP contribution in [0.4, 0.5) is 14.6 Å². The Labute approximate surface area is 331 Å². The number of carbonyl (C=O) groups excluding carboxylic acids is 1. The lowest BCUT2D eigenvalue weighted by Crippen LogP contribution is -2.53. The summed E-state index contributed by atoms with van der Waals surface area (Å²) in [6.07, 6.45) is 12.3. The predicted octanol–water partition coefficient (Wildman–Crippen LogP) is 5.68. The summed E-state index contributed by atoms with van der Waals surface area (Å²) in [4.78, 5) is 33.0. The molecule has 1 saturated carbocycles. The third-order valence-electron chi connectivity index (χ3n) is 12.4. The molecular formula is C43H50F2N6O6. The first-order chi connectivity index (χ1) is 27.4. The zero-order valence-corrected chi connectivity index (χ0v) is 32.8. The van der Waals surface area contributed by atoms with Gasteiger partial charge in [0.2, 0.25) is 11.8 Å². The normalized spacial score (nSPS) is 25.4. The number of phenolic OH excluding ortho intramolecular Hbond substituents is 1. The first-order valence-corrected chi connectivity index (χ1v) is 20.0. The topological polar surface area (TPSA) is 134 Å². The van der Waals surface area contributed by atoms with Crippen molar-refractivity contribution in [3.05, 3.63) is 41.5 Å². The average Bonchev–Trinajstić information content (AvgIpc) is 3.81. The summed E-state index contributed by atoms with van der Waals surface area (Å²) in [5.74, 6) is 1.51. The van der Waals surface area contributed by atoms with Crippen LogP contribution in [-0.2, 0) is 9.53 Å². The molecule has 3 saturated heterocycles. The molecule has 2 aromatic heterocycles. The summed E-state index contributed by atoms with van der Waals surface area (Å²) in [6, 6.07) is 5.62. The lowest BCUT2D eigenvalue weighted by Gasteiger charge is -2.47. The molecular weight excluding hydrogens is 735 g/mol. The Balaban J connectivity index is 1.20. The lowest BCUT2D eigenvalue weighted by atomic mass is 9.75. The number of aliphatic hydroxyl groups is 1. The smallest absolute Gasteiger partial charge is 0.319 e. The number of phenols is 1. The standard InChI is InChI=1S/C43H50F2N6O6/c1-5-29-31(44)11-10-27-19-28(52)20-30(34(27)29)37-36(45)38-35(40(46-37)55-4)39(51-17-18-56-24-42(3,54)23-51)48-41(47-38)57-25-43-13-7-9-32(43)49(15-8-14-43)21-26-12-16-50(22-26)33(53)6-2/h1,10-11,19-20,26,32,52,54H,6-9,12-18,21-25H2,2-4H3/t26-,32+,42-,43+/m0/s1. The van der Waals surface area contributed by atoms with Crippen molar-refractivity contribution in [3.8, 4) is 41.2 Å². The number of amides is 1. The lowest BCUT2D eigenvalue weighted by molar-refractivity contribution is -0.130. The van der Waals surface area contributed by atoms with Gasteiger partial charge in [-0.25, -0.2) is 13.8 Å². The summed E-state index contributed by atoms with van der Waals surface area (Å²) in [6.45, 7) is 8.23. The highest BCUT2D eigenvalue weighted by atomic mass is 19.1. The number of piperidine rings is 1. The quantitative estimate of drug-likeness (QED) is 0.203. The molecule has 1 aliphatic carbocycles. The molecule has 0 spiro atoms. The number of pyridine rings is 1. The van der Waals surface area contributed by atoms with Crippen LogP contribution in [0.5, 0.6) is 17.6 Å². The average molecular weight is 785 g/mol. The SMILES string of the molecule is C#Cc1c(F)ccc2cc(O)cc(-c3nc(OC)c4c(N5CCOC[C@@](C)(O)C5)nc(OC[C@]56CCC[C@H]5N(C[C@@H]5CCN(C(=O)CC)C5)CCC6)nc4c3F)c12. The Bertz CT molecular complexity index is 2250. The van der Waals surface area contributed by atoms with Gasteiger partial charge >= 0.3 is 6.01 Å². The highest BCUT2D eigenvalue weighted by Crippen LogP contribution is 2.49. The summed E-state index contributed by atoms with van der Waals surface area (Å²) in [5.41, 5.74) is -1.88. The predicted molar refractivity (Wildman–Crippen MR) is 211 cm³/mol. The van der Waals surface area contributed by atoms with Crippen LogP contribution < -0.4 is 14.4 Å². The van der Waals surface area contributed by atoms with E-state index in [1.54, 1.807) is 11.8 Å². The Morgan fingerprint density at radius 2 is 1.93 bits per heavy atom. The third-order valence-corrected chi connectivity index (χ3v) is 12.4. The van der Waals surface area contributed by atoms with Gasteiger partial charge in [0.05, 0.1) is 39.0 Å². The highest BCUT2D eigenvalue weighted by molar-refractivity contribution is 6.04. The Hall–Kier alpha value is -4.84. The van der Waals surface area contributed by atoms with Crippen molar-refractivity contribution in [2.45, 2.75) is 70.4 Å². The molecule has 4 aliphatic rings. The summed E-state index contributed by atoms with van der Waals surface area (Å²) in [5, 5.41) is 22.7. The molecule has 2 aromatic carbocycles. The van der Waals surface area contributed by atoms with Crippen molar-refractivity contribution in [2.24, 2.45) is 11.3 Å². The number of terminal acetylenes is 1. The van der Waals surface area contributed by atoms with E-state index in [0.717, 1.165) is 64.7 Å². The number of nitrogens with zero attached hydrogens (tertiary/aromatic N) is 6. The molecule has 0 bridgehead atoms. The second kappa shape index (κ2) is 15.5. The number of carbonyl (C=O) groups is 1. The molecule has 302 valence electrons. The molecule has 5 heterocycles. The van der Waals surface area contributed by atoms with Crippen molar-refractivity contribution in [3.63, 3.8) is 0 Å². The summed E-state index contributed by atoms with van der Waals surface area (Å²) < 4.78 is 50.6. The monoisotopic (exact) mass is 784 g/mol. The van der Waals surface area contributed by atoms with Crippen molar-refractivity contribution < 1.29 is 38.0 Å². The van der Waals surface area contributed by atoms with Gasteiger partial charge in [-0.1, -0.05) is 25.3 Å². The van der Waals surface area contributed by atoms with E-state index in [1.165, 1.54) is 31.4 Å².